The Balaban J connectivity index is 1.35. The molecule has 1 aromatic heterocycles. The molecule has 7 heteroatoms. The van der Waals surface area contributed by atoms with Crippen molar-refractivity contribution in [1.29, 1.82) is 0 Å². The summed E-state index contributed by atoms with van der Waals surface area (Å²) in [5.41, 5.74) is 2.50. The van der Waals surface area contributed by atoms with Crippen molar-refractivity contribution in [3.63, 3.8) is 0 Å². The summed E-state index contributed by atoms with van der Waals surface area (Å²) in [7, 11) is 0. The van der Waals surface area contributed by atoms with Crippen molar-refractivity contribution in [2.24, 2.45) is 0 Å². The number of fused-ring (bicyclic) bond motifs is 1. The number of carbonyl (C=O) groups excluding carboxylic acids is 3. The molecule has 0 saturated carbocycles. The monoisotopic (exact) mass is 456 g/mol. The molecule has 0 aliphatic carbocycles. The van der Waals surface area contributed by atoms with Gasteiger partial charge in [0.2, 0.25) is 0 Å². The lowest BCUT2D eigenvalue weighted by atomic mass is 10.1. The molecule has 0 atom stereocenters. The second-order valence-electron chi connectivity index (χ2n) is 7.61. The van der Waals surface area contributed by atoms with Gasteiger partial charge in [-0.15, -0.1) is 0 Å². The number of hydrogen-bond donors (Lipinski definition) is 0. The van der Waals surface area contributed by atoms with Crippen LogP contribution in [0, 0.1) is 0 Å². The molecular formula is C27H24N2O5. The number of benzene rings is 2. The number of ether oxygens (including phenoxy) is 2. The smallest absolute Gasteiger partial charge is 0.311 e. The molecule has 0 radical (unpaired) electrons. The van der Waals surface area contributed by atoms with Crippen molar-refractivity contribution in [3.8, 4) is 11.5 Å². The third-order valence-corrected chi connectivity index (χ3v) is 5.27. The molecule has 2 aromatic carbocycles. The number of hydrogen-bond acceptors (Lipinski definition) is 6. The predicted molar refractivity (Wildman–Crippen MR) is 127 cm³/mol. The highest BCUT2D eigenvalue weighted by Gasteiger charge is 2.34. The Kier molecular flexibility index (Phi) is 7.13. The van der Waals surface area contributed by atoms with Gasteiger partial charge in [-0.3, -0.25) is 24.3 Å². The summed E-state index contributed by atoms with van der Waals surface area (Å²) in [5, 5.41) is 0. The lowest BCUT2D eigenvalue weighted by molar-refractivity contribution is -0.134. The van der Waals surface area contributed by atoms with E-state index in [-0.39, 0.29) is 24.8 Å². The van der Waals surface area contributed by atoms with E-state index in [4.69, 9.17) is 9.47 Å². The number of imide groups is 1. The average molecular weight is 456 g/mol. The molecule has 34 heavy (non-hydrogen) atoms. The molecule has 2 amide bonds. The van der Waals surface area contributed by atoms with Crippen LogP contribution in [0.25, 0.3) is 12.2 Å². The topological polar surface area (TPSA) is 85.8 Å². The first-order valence-electron chi connectivity index (χ1n) is 11.1. The maximum atomic E-state index is 12.4. The number of rotatable bonds is 9. The molecule has 2 heterocycles. The van der Waals surface area contributed by atoms with E-state index in [1.165, 1.54) is 4.90 Å². The molecule has 1 aliphatic rings. The number of carbonyl (C=O) groups is 3. The van der Waals surface area contributed by atoms with Crippen molar-refractivity contribution < 1.29 is 23.9 Å². The van der Waals surface area contributed by atoms with Crippen molar-refractivity contribution in [2.75, 3.05) is 13.2 Å². The summed E-state index contributed by atoms with van der Waals surface area (Å²) < 4.78 is 11.2. The van der Waals surface area contributed by atoms with Gasteiger partial charge in [-0.05, 0) is 61.4 Å². The van der Waals surface area contributed by atoms with Gasteiger partial charge in [-0.25, -0.2) is 0 Å². The Labute approximate surface area is 197 Å². The van der Waals surface area contributed by atoms with Crippen LogP contribution in [0.2, 0.25) is 0 Å². The number of pyridine rings is 1. The van der Waals surface area contributed by atoms with Gasteiger partial charge in [-0.2, -0.15) is 0 Å². The SMILES string of the molecule is CCOc1cc(/C=C/c2ccccn2)ccc1OC(=O)CCCN1C(=O)c2ccccc2C1=O. The van der Waals surface area contributed by atoms with Gasteiger partial charge in [-0.1, -0.05) is 30.3 Å². The third-order valence-electron chi connectivity index (χ3n) is 5.27. The van der Waals surface area contributed by atoms with Crippen LogP contribution in [0.4, 0.5) is 0 Å². The molecule has 0 N–H and O–H groups in total. The summed E-state index contributed by atoms with van der Waals surface area (Å²) in [4.78, 5) is 42.7. The minimum Gasteiger partial charge on any atom is -0.490 e. The normalized spacial score (nSPS) is 12.8. The zero-order valence-electron chi connectivity index (χ0n) is 18.8. The zero-order valence-corrected chi connectivity index (χ0v) is 18.8. The van der Waals surface area contributed by atoms with E-state index in [0.29, 0.717) is 35.7 Å². The van der Waals surface area contributed by atoms with Gasteiger partial charge in [0.15, 0.2) is 11.5 Å². The second kappa shape index (κ2) is 10.6. The molecule has 0 saturated heterocycles. The van der Waals surface area contributed by atoms with Gasteiger partial charge >= 0.3 is 5.97 Å². The maximum absolute atomic E-state index is 12.4. The first kappa shape index (κ1) is 22.9. The fourth-order valence-electron chi connectivity index (χ4n) is 3.63. The van der Waals surface area contributed by atoms with Crippen molar-refractivity contribution in [2.45, 2.75) is 19.8 Å². The highest BCUT2D eigenvalue weighted by molar-refractivity contribution is 6.21. The van der Waals surface area contributed by atoms with Crippen LogP contribution in [-0.2, 0) is 4.79 Å². The van der Waals surface area contributed by atoms with E-state index in [0.717, 1.165) is 11.3 Å². The van der Waals surface area contributed by atoms with Gasteiger partial charge in [0.25, 0.3) is 11.8 Å². The molecule has 7 nitrogen and oxygen atoms in total. The minimum atomic E-state index is -0.464. The second-order valence-corrected chi connectivity index (χ2v) is 7.61. The average Bonchev–Trinajstić information content (AvgIpc) is 3.10. The molecule has 0 fully saturated rings. The van der Waals surface area contributed by atoms with Gasteiger partial charge < -0.3 is 9.47 Å². The molecule has 0 bridgehead atoms. The van der Waals surface area contributed by atoms with Crippen molar-refractivity contribution >= 4 is 29.9 Å². The van der Waals surface area contributed by atoms with Crippen LogP contribution in [0.3, 0.4) is 0 Å². The van der Waals surface area contributed by atoms with Crippen LogP contribution in [0.15, 0.2) is 66.9 Å². The zero-order chi connectivity index (χ0) is 23.9. The van der Waals surface area contributed by atoms with Crippen LogP contribution in [0.5, 0.6) is 11.5 Å². The van der Waals surface area contributed by atoms with E-state index < -0.39 is 5.97 Å². The van der Waals surface area contributed by atoms with Crippen LogP contribution < -0.4 is 9.47 Å². The molecule has 0 unspecified atom stereocenters. The summed E-state index contributed by atoms with van der Waals surface area (Å²) in [5.74, 6) is -0.347. The van der Waals surface area contributed by atoms with E-state index in [2.05, 4.69) is 4.98 Å². The summed E-state index contributed by atoms with van der Waals surface area (Å²) in [6.07, 6.45) is 5.87. The predicted octanol–water partition coefficient (Wildman–Crippen LogP) is 4.63. The number of amides is 2. The molecule has 4 rings (SSSR count). The molecular weight excluding hydrogens is 432 g/mol. The number of aromatic nitrogens is 1. The first-order chi connectivity index (χ1) is 16.6. The Morgan fingerprint density at radius 1 is 0.941 bits per heavy atom. The highest BCUT2D eigenvalue weighted by Crippen LogP contribution is 2.30. The standard InChI is InChI=1S/C27H24N2O5/c1-2-33-24-18-19(12-14-20-8-5-6-16-28-20)13-15-23(24)34-25(30)11-7-17-29-26(31)21-9-3-4-10-22(21)27(29)32/h3-6,8-10,12-16,18H,2,7,11,17H2,1H3/b14-12+. The van der Waals surface area contributed by atoms with E-state index in [9.17, 15) is 14.4 Å². The lowest BCUT2D eigenvalue weighted by Crippen LogP contribution is -2.31. The number of esters is 1. The quantitative estimate of drug-likeness (QED) is 0.265. The van der Waals surface area contributed by atoms with Gasteiger partial charge in [0, 0.05) is 19.2 Å². The van der Waals surface area contributed by atoms with Gasteiger partial charge in [0.1, 0.15) is 0 Å². The van der Waals surface area contributed by atoms with Gasteiger partial charge in [0.05, 0.1) is 23.4 Å². The number of nitrogens with zero attached hydrogens (tertiary/aromatic N) is 2. The van der Waals surface area contributed by atoms with E-state index >= 15 is 0 Å². The maximum Gasteiger partial charge on any atom is 0.311 e. The summed E-state index contributed by atoms with van der Waals surface area (Å²) in [6, 6.07) is 17.7. The van der Waals surface area contributed by atoms with Crippen molar-refractivity contribution in [3.05, 3.63) is 89.2 Å². The van der Waals surface area contributed by atoms with E-state index in [1.54, 1.807) is 42.6 Å². The Morgan fingerprint density at radius 3 is 2.35 bits per heavy atom. The summed E-state index contributed by atoms with van der Waals surface area (Å²) >= 11 is 0. The molecule has 1 aliphatic heterocycles. The Bertz CT molecular complexity index is 1200. The van der Waals surface area contributed by atoms with Crippen molar-refractivity contribution in [1.82, 2.24) is 9.88 Å². The third kappa shape index (κ3) is 5.20. The Morgan fingerprint density at radius 2 is 1.68 bits per heavy atom. The molecule has 3 aromatic rings. The first-order valence-corrected chi connectivity index (χ1v) is 11.1. The van der Waals surface area contributed by atoms with Crippen LogP contribution in [-0.4, -0.2) is 40.8 Å². The van der Waals surface area contributed by atoms with E-state index in [1.807, 2.05) is 43.3 Å². The Hall–Kier alpha value is -4.26. The largest absolute Gasteiger partial charge is 0.490 e. The fourth-order valence-corrected chi connectivity index (χ4v) is 3.63. The molecule has 172 valence electrons. The highest BCUT2D eigenvalue weighted by atomic mass is 16.6. The summed E-state index contributed by atoms with van der Waals surface area (Å²) in [6.45, 7) is 2.42. The molecule has 0 spiro atoms. The van der Waals surface area contributed by atoms with Crippen LogP contribution in [0.1, 0.15) is 51.7 Å². The lowest BCUT2D eigenvalue weighted by Gasteiger charge is -2.14. The van der Waals surface area contributed by atoms with Crippen LogP contribution >= 0.6 is 0 Å². The fraction of sp³-hybridized carbons (Fsp3) is 0.185. The minimum absolute atomic E-state index is 0.0559.